The van der Waals surface area contributed by atoms with Gasteiger partial charge in [-0.2, -0.15) is 0 Å². The number of hydrogen-bond acceptors (Lipinski definition) is 7. The van der Waals surface area contributed by atoms with Gasteiger partial charge >= 0.3 is 7.82 Å². The number of carbonyl (C=O) groups is 1. The van der Waals surface area contributed by atoms with Gasteiger partial charge in [0, 0.05) is 6.54 Å². The van der Waals surface area contributed by atoms with E-state index >= 15 is 0 Å². The van der Waals surface area contributed by atoms with Crippen molar-refractivity contribution in [2.45, 2.75) is 141 Å². The Morgan fingerprint density at radius 1 is 0.850 bits per heavy atom. The highest BCUT2D eigenvalue weighted by Gasteiger charge is 2.27. The van der Waals surface area contributed by atoms with Crippen molar-refractivity contribution in [3.05, 3.63) is 24.3 Å². The van der Waals surface area contributed by atoms with E-state index in [9.17, 15) is 24.5 Å². The Hall–Kier alpha value is -1.06. The van der Waals surface area contributed by atoms with E-state index in [0.717, 1.165) is 32.1 Å². The Labute approximate surface area is 243 Å². The number of phosphoric acid groups is 1. The van der Waals surface area contributed by atoms with Gasteiger partial charge in [0.1, 0.15) is 0 Å². The number of allylic oxidation sites excluding steroid dienone is 3. The molecule has 0 aromatic heterocycles. The molecule has 0 spiro atoms. The summed E-state index contributed by atoms with van der Waals surface area (Å²) in [7, 11) is -4.38. The molecule has 0 bridgehead atoms. The second-order valence-electron chi connectivity index (χ2n) is 10.5. The van der Waals surface area contributed by atoms with Crippen LogP contribution < -0.4 is 11.1 Å². The van der Waals surface area contributed by atoms with Crippen LogP contribution in [-0.4, -0.2) is 59.0 Å². The molecule has 4 atom stereocenters. The third-order valence-corrected chi connectivity index (χ3v) is 7.57. The molecule has 0 saturated carbocycles. The summed E-state index contributed by atoms with van der Waals surface area (Å²) < 4.78 is 21.8. The van der Waals surface area contributed by atoms with Crippen LogP contribution in [-0.2, 0) is 18.4 Å². The summed E-state index contributed by atoms with van der Waals surface area (Å²) >= 11 is 0. The van der Waals surface area contributed by atoms with Crippen molar-refractivity contribution in [2.75, 3.05) is 19.8 Å². The number of nitrogens with one attached hydrogen (secondary N) is 1. The third kappa shape index (κ3) is 24.7. The SMILES string of the molecule is CCCCCC/C=C/CC/C=C/C(O)C(COP(=O)(O)OCCN)NC(=O)CC(O)CCCCCCCCCC. The van der Waals surface area contributed by atoms with Crippen molar-refractivity contribution < 1.29 is 33.5 Å². The minimum Gasteiger partial charge on any atom is -0.393 e. The van der Waals surface area contributed by atoms with Crippen molar-refractivity contribution in [1.82, 2.24) is 5.32 Å². The summed E-state index contributed by atoms with van der Waals surface area (Å²) in [6.45, 7) is 3.83. The topological polar surface area (TPSA) is 151 Å². The summed E-state index contributed by atoms with van der Waals surface area (Å²) in [4.78, 5) is 22.4. The number of rotatable bonds is 28. The van der Waals surface area contributed by atoms with E-state index < -0.39 is 38.6 Å². The molecule has 0 aromatic rings. The molecule has 0 aliphatic rings. The monoisotopic (exact) mass is 590 g/mol. The largest absolute Gasteiger partial charge is 0.472 e. The number of aliphatic hydroxyl groups is 2. The lowest BCUT2D eigenvalue weighted by atomic mass is 10.0. The van der Waals surface area contributed by atoms with Gasteiger partial charge in [0.25, 0.3) is 0 Å². The number of amides is 1. The molecule has 6 N–H and O–H groups in total. The predicted octanol–water partition coefficient (Wildman–Crippen LogP) is 6.07. The zero-order chi connectivity index (χ0) is 29.9. The van der Waals surface area contributed by atoms with E-state index in [1.54, 1.807) is 6.08 Å². The highest BCUT2D eigenvalue weighted by Crippen LogP contribution is 2.43. The fourth-order valence-electron chi connectivity index (χ4n) is 4.19. The Bertz CT molecular complexity index is 706. The van der Waals surface area contributed by atoms with Crippen LogP contribution in [0.25, 0.3) is 0 Å². The number of phosphoric ester groups is 1. The molecule has 0 saturated heterocycles. The van der Waals surface area contributed by atoms with E-state index in [4.69, 9.17) is 14.8 Å². The smallest absolute Gasteiger partial charge is 0.393 e. The first-order chi connectivity index (χ1) is 19.3. The van der Waals surface area contributed by atoms with Gasteiger partial charge in [-0.25, -0.2) is 4.57 Å². The van der Waals surface area contributed by atoms with Crippen molar-refractivity contribution >= 4 is 13.7 Å². The molecule has 0 heterocycles. The van der Waals surface area contributed by atoms with Gasteiger partial charge < -0.3 is 26.2 Å². The molecular weight excluding hydrogens is 531 g/mol. The first-order valence-electron chi connectivity index (χ1n) is 15.5. The molecule has 9 nitrogen and oxygen atoms in total. The average molecular weight is 591 g/mol. The van der Waals surface area contributed by atoms with E-state index in [1.165, 1.54) is 57.8 Å². The van der Waals surface area contributed by atoms with Crippen LogP contribution in [0.4, 0.5) is 0 Å². The van der Waals surface area contributed by atoms with Gasteiger partial charge in [-0.3, -0.25) is 13.8 Å². The molecule has 0 aliphatic carbocycles. The van der Waals surface area contributed by atoms with Crippen molar-refractivity contribution in [3.63, 3.8) is 0 Å². The Kier molecular flexibility index (Phi) is 26.1. The highest BCUT2D eigenvalue weighted by atomic mass is 31.2. The maximum absolute atomic E-state index is 12.6. The van der Waals surface area contributed by atoms with Crippen LogP contribution in [0, 0.1) is 0 Å². The maximum Gasteiger partial charge on any atom is 0.472 e. The predicted molar refractivity (Wildman–Crippen MR) is 163 cm³/mol. The number of nitrogens with two attached hydrogens (primary N) is 1. The molecule has 10 heteroatoms. The van der Waals surface area contributed by atoms with Crippen molar-refractivity contribution in [2.24, 2.45) is 5.73 Å². The number of carbonyl (C=O) groups excluding carboxylic acids is 1. The zero-order valence-corrected chi connectivity index (χ0v) is 26.1. The van der Waals surface area contributed by atoms with Crippen LogP contribution in [0.1, 0.15) is 123 Å². The highest BCUT2D eigenvalue weighted by molar-refractivity contribution is 7.47. The lowest BCUT2D eigenvalue weighted by Gasteiger charge is -2.24. The Morgan fingerprint density at radius 3 is 2.08 bits per heavy atom. The van der Waals surface area contributed by atoms with Crippen LogP contribution in [0.3, 0.4) is 0 Å². The molecule has 40 heavy (non-hydrogen) atoms. The van der Waals surface area contributed by atoms with Gasteiger partial charge in [-0.1, -0.05) is 109 Å². The fraction of sp³-hybridized carbons (Fsp3) is 0.833. The van der Waals surface area contributed by atoms with Gasteiger partial charge in [0.2, 0.25) is 5.91 Å². The molecule has 0 fully saturated rings. The lowest BCUT2D eigenvalue weighted by Crippen LogP contribution is -2.46. The summed E-state index contributed by atoms with van der Waals surface area (Å²) in [6, 6.07) is -0.991. The Morgan fingerprint density at radius 2 is 1.43 bits per heavy atom. The maximum atomic E-state index is 12.6. The van der Waals surface area contributed by atoms with Gasteiger partial charge in [0.15, 0.2) is 0 Å². The molecular formula is C30H59N2O7P. The molecule has 0 radical (unpaired) electrons. The summed E-state index contributed by atoms with van der Waals surface area (Å²) in [5.74, 6) is -0.463. The minimum atomic E-state index is -4.38. The lowest BCUT2D eigenvalue weighted by molar-refractivity contribution is -0.124. The molecule has 0 rings (SSSR count). The van der Waals surface area contributed by atoms with Gasteiger partial charge in [0.05, 0.1) is 37.9 Å². The van der Waals surface area contributed by atoms with Crippen molar-refractivity contribution in [1.29, 1.82) is 0 Å². The molecule has 0 aromatic carbocycles. The second-order valence-corrected chi connectivity index (χ2v) is 12.0. The summed E-state index contributed by atoms with van der Waals surface area (Å²) in [5.41, 5.74) is 5.31. The molecule has 236 valence electrons. The zero-order valence-electron chi connectivity index (χ0n) is 25.2. The number of aliphatic hydroxyl groups excluding tert-OH is 2. The number of hydrogen-bond donors (Lipinski definition) is 5. The third-order valence-electron chi connectivity index (χ3n) is 6.58. The second kappa shape index (κ2) is 26.8. The standard InChI is InChI=1S/C30H59N2O7P/c1-3-5-7-9-11-13-14-16-18-20-22-29(34)28(26-39-40(36,37)38-24-23-31)32-30(35)25-27(33)21-19-17-15-12-10-8-6-4-2/h13-14,20,22,27-29,33-34H,3-12,15-19,21,23-26,31H2,1-2H3,(H,32,35)(H,36,37)/b14-13+,22-20+. The summed E-state index contributed by atoms with van der Waals surface area (Å²) in [5, 5.41) is 23.6. The van der Waals surface area contributed by atoms with E-state index in [2.05, 4.69) is 31.3 Å². The first kappa shape index (κ1) is 38.9. The Balaban J connectivity index is 4.67. The van der Waals surface area contributed by atoms with Crippen LogP contribution in [0.5, 0.6) is 0 Å². The molecule has 4 unspecified atom stereocenters. The van der Waals surface area contributed by atoms with E-state index in [0.29, 0.717) is 12.8 Å². The average Bonchev–Trinajstić information content (AvgIpc) is 2.92. The molecule has 0 aliphatic heterocycles. The van der Waals surface area contributed by atoms with Crippen LogP contribution >= 0.6 is 7.82 Å². The van der Waals surface area contributed by atoms with E-state index in [-0.39, 0.29) is 19.6 Å². The minimum absolute atomic E-state index is 0.0450. The normalized spacial score (nSPS) is 15.8. The summed E-state index contributed by atoms with van der Waals surface area (Å²) in [6.07, 6.45) is 22.9. The van der Waals surface area contributed by atoms with Crippen molar-refractivity contribution in [3.8, 4) is 0 Å². The molecule has 1 amide bonds. The van der Waals surface area contributed by atoms with Gasteiger partial charge in [-0.15, -0.1) is 0 Å². The van der Waals surface area contributed by atoms with Crippen LogP contribution in [0.2, 0.25) is 0 Å². The van der Waals surface area contributed by atoms with E-state index in [1.807, 2.05) is 6.08 Å². The van der Waals surface area contributed by atoms with Crippen LogP contribution in [0.15, 0.2) is 24.3 Å². The fourth-order valence-corrected chi connectivity index (χ4v) is 4.95. The number of unbranched alkanes of at least 4 members (excludes halogenated alkanes) is 12. The first-order valence-corrected chi connectivity index (χ1v) is 17.0. The quantitative estimate of drug-likeness (QED) is 0.0418. The van der Waals surface area contributed by atoms with Gasteiger partial charge in [-0.05, 0) is 32.1 Å².